The first-order chi connectivity index (χ1) is 9.18. The molecule has 0 radical (unpaired) electrons. The first-order valence-corrected chi connectivity index (χ1v) is 5.57. The Labute approximate surface area is 109 Å². The molecule has 6 heteroatoms. The quantitative estimate of drug-likeness (QED) is 0.640. The zero-order valence-corrected chi connectivity index (χ0v) is 10.2. The van der Waals surface area contributed by atoms with Crippen molar-refractivity contribution in [3.05, 3.63) is 54.1 Å². The van der Waals surface area contributed by atoms with Gasteiger partial charge in [-0.15, -0.1) is 0 Å². The van der Waals surface area contributed by atoms with Gasteiger partial charge in [0.1, 0.15) is 11.4 Å². The van der Waals surface area contributed by atoms with E-state index in [1.807, 2.05) is 0 Å². The highest BCUT2D eigenvalue weighted by Crippen LogP contribution is 2.16. The number of nitrogens with zero attached hydrogens (tertiary/aromatic N) is 3. The molecule has 2 N–H and O–H groups in total. The molecule has 0 saturated heterocycles. The number of hydrogen-bond donors (Lipinski definition) is 2. The molecule has 0 aliphatic carbocycles. The van der Waals surface area contributed by atoms with E-state index in [4.69, 9.17) is 0 Å². The zero-order valence-electron chi connectivity index (χ0n) is 10.2. The second kappa shape index (κ2) is 5.72. The average molecular weight is 256 g/mol. The number of carbonyl (C=O) groups is 1. The van der Waals surface area contributed by atoms with Crippen LogP contribution in [-0.4, -0.2) is 26.7 Å². The molecule has 0 aliphatic heterocycles. The maximum absolute atomic E-state index is 11.7. The third kappa shape index (κ3) is 3.12. The number of hydrogen-bond acceptors (Lipinski definition) is 5. The largest absolute Gasteiger partial charge is 0.507 e. The van der Waals surface area contributed by atoms with E-state index in [9.17, 15) is 9.90 Å². The van der Waals surface area contributed by atoms with E-state index in [2.05, 4.69) is 20.5 Å². The van der Waals surface area contributed by atoms with Crippen molar-refractivity contribution in [3.8, 4) is 5.75 Å². The van der Waals surface area contributed by atoms with Gasteiger partial charge >= 0.3 is 0 Å². The van der Waals surface area contributed by atoms with E-state index in [0.717, 1.165) is 0 Å². The lowest BCUT2D eigenvalue weighted by atomic mass is 10.1. The summed E-state index contributed by atoms with van der Waals surface area (Å²) in [6, 6.07) is 6.75. The zero-order chi connectivity index (χ0) is 13.7. The van der Waals surface area contributed by atoms with Crippen molar-refractivity contribution >= 4 is 11.6 Å². The topological polar surface area (TPSA) is 87.5 Å². The SMILES string of the molecule is C/C(=N\NC(=O)c1cnccn1)c1ccccc1O. The molecule has 6 nitrogen and oxygen atoms in total. The van der Waals surface area contributed by atoms with Gasteiger partial charge in [0, 0.05) is 18.0 Å². The van der Waals surface area contributed by atoms with Crippen LogP contribution in [0.15, 0.2) is 48.0 Å². The van der Waals surface area contributed by atoms with Gasteiger partial charge in [-0.1, -0.05) is 12.1 Å². The molecule has 1 amide bonds. The molecule has 0 unspecified atom stereocenters. The molecule has 2 rings (SSSR count). The van der Waals surface area contributed by atoms with Gasteiger partial charge in [0.05, 0.1) is 11.9 Å². The summed E-state index contributed by atoms with van der Waals surface area (Å²) in [6.45, 7) is 1.69. The Kier molecular flexibility index (Phi) is 3.82. The number of carbonyl (C=O) groups excluding carboxylic acids is 1. The fourth-order valence-corrected chi connectivity index (χ4v) is 1.45. The van der Waals surface area contributed by atoms with Crippen molar-refractivity contribution in [2.45, 2.75) is 6.92 Å². The summed E-state index contributed by atoms with van der Waals surface area (Å²) in [5.41, 5.74) is 3.59. The van der Waals surface area contributed by atoms with Gasteiger partial charge in [0.2, 0.25) is 0 Å². The predicted octanol–water partition coefficient (Wildman–Crippen LogP) is 1.34. The first-order valence-electron chi connectivity index (χ1n) is 5.57. The Morgan fingerprint density at radius 3 is 2.79 bits per heavy atom. The fourth-order valence-electron chi connectivity index (χ4n) is 1.45. The molecule has 2 aromatic rings. The smallest absolute Gasteiger partial charge is 0.291 e. The maximum atomic E-state index is 11.7. The summed E-state index contributed by atoms with van der Waals surface area (Å²) in [4.78, 5) is 19.3. The lowest BCUT2D eigenvalue weighted by Crippen LogP contribution is -2.20. The number of hydrazone groups is 1. The minimum Gasteiger partial charge on any atom is -0.507 e. The number of phenols is 1. The molecule has 19 heavy (non-hydrogen) atoms. The van der Waals surface area contributed by atoms with Crippen molar-refractivity contribution in [2.75, 3.05) is 0 Å². The molecule has 1 aromatic carbocycles. The van der Waals surface area contributed by atoms with Crippen LogP contribution < -0.4 is 5.43 Å². The van der Waals surface area contributed by atoms with E-state index >= 15 is 0 Å². The van der Waals surface area contributed by atoms with E-state index in [-0.39, 0.29) is 11.4 Å². The van der Waals surface area contributed by atoms with Crippen molar-refractivity contribution in [1.29, 1.82) is 0 Å². The number of para-hydroxylation sites is 1. The third-order valence-electron chi connectivity index (χ3n) is 2.41. The molecule has 1 aromatic heterocycles. The van der Waals surface area contributed by atoms with Crippen LogP contribution in [0.5, 0.6) is 5.75 Å². The highest BCUT2D eigenvalue weighted by Gasteiger charge is 2.07. The van der Waals surface area contributed by atoms with Gasteiger partial charge < -0.3 is 5.11 Å². The molecule has 0 spiro atoms. The Hall–Kier alpha value is -2.76. The summed E-state index contributed by atoms with van der Waals surface area (Å²) in [5.74, 6) is -0.347. The molecule has 96 valence electrons. The van der Waals surface area contributed by atoms with E-state index in [0.29, 0.717) is 11.3 Å². The van der Waals surface area contributed by atoms with Crippen LogP contribution in [0.2, 0.25) is 0 Å². The van der Waals surface area contributed by atoms with Gasteiger partial charge in [-0.25, -0.2) is 10.4 Å². The number of rotatable bonds is 3. The maximum Gasteiger partial charge on any atom is 0.291 e. The Morgan fingerprint density at radius 1 is 1.32 bits per heavy atom. The second-order valence-electron chi connectivity index (χ2n) is 3.75. The highest BCUT2D eigenvalue weighted by molar-refractivity contribution is 6.02. The minimum absolute atomic E-state index is 0.109. The lowest BCUT2D eigenvalue weighted by Gasteiger charge is -2.04. The molecule has 0 fully saturated rings. The van der Waals surface area contributed by atoms with Crippen LogP contribution in [0.1, 0.15) is 23.0 Å². The third-order valence-corrected chi connectivity index (χ3v) is 2.41. The van der Waals surface area contributed by atoms with Gasteiger partial charge in [-0.2, -0.15) is 5.10 Å². The molecule has 0 atom stereocenters. The number of amides is 1. The standard InChI is InChI=1S/C13H12N4O2/c1-9(10-4-2-3-5-12(10)18)16-17-13(19)11-8-14-6-7-15-11/h2-8,18H,1H3,(H,17,19)/b16-9+. The molecule has 1 heterocycles. The molecule has 0 aliphatic rings. The number of phenolic OH excluding ortho intramolecular Hbond substituents is 1. The normalized spacial score (nSPS) is 11.1. The van der Waals surface area contributed by atoms with E-state index in [1.54, 1.807) is 31.2 Å². The summed E-state index contributed by atoms with van der Waals surface area (Å²) in [5, 5.41) is 13.6. The van der Waals surface area contributed by atoms with Crippen LogP contribution in [0.3, 0.4) is 0 Å². The van der Waals surface area contributed by atoms with Crippen molar-refractivity contribution in [3.63, 3.8) is 0 Å². The van der Waals surface area contributed by atoms with Crippen LogP contribution >= 0.6 is 0 Å². The van der Waals surface area contributed by atoms with Crippen molar-refractivity contribution in [1.82, 2.24) is 15.4 Å². The molecule has 0 bridgehead atoms. The molecule has 0 saturated carbocycles. The summed E-state index contributed by atoms with van der Waals surface area (Å²) < 4.78 is 0. The van der Waals surface area contributed by atoms with Crippen LogP contribution in [0.4, 0.5) is 0 Å². The summed E-state index contributed by atoms with van der Waals surface area (Å²) >= 11 is 0. The van der Waals surface area contributed by atoms with Crippen LogP contribution in [0, 0.1) is 0 Å². The van der Waals surface area contributed by atoms with Crippen LogP contribution in [0.25, 0.3) is 0 Å². The Bertz CT molecular complexity index is 611. The predicted molar refractivity (Wildman–Crippen MR) is 69.8 cm³/mol. The number of nitrogens with one attached hydrogen (secondary N) is 1. The molecular weight excluding hydrogens is 244 g/mol. The Morgan fingerprint density at radius 2 is 2.11 bits per heavy atom. The van der Waals surface area contributed by atoms with E-state index < -0.39 is 5.91 Å². The lowest BCUT2D eigenvalue weighted by molar-refractivity contribution is 0.0949. The number of benzene rings is 1. The number of aromatic nitrogens is 2. The average Bonchev–Trinajstić information content (AvgIpc) is 2.46. The van der Waals surface area contributed by atoms with Crippen LogP contribution in [-0.2, 0) is 0 Å². The Balaban J connectivity index is 2.11. The van der Waals surface area contributed by atoms with Crippen molar-refractivity contribution in [2.24, 2.45) is 5.10 Å². The highest BCUT2D eigenvalue weighted by atomic mass is 16.3. The van der Waals surface area contributed by atoms with Crippen molar-refractivity contribution < 1.29 is 9.90 Å². The first kappa shape index (κ1) is 12.7. The van der Waals surface area contributed by atoms with E-state index in [1.165, 1.54) is 18.6 Å². The van der Waals surface area contributed by atoms with Gasteiger partial charge in [-0.05, 0) is 19.1 Å². The van der Waals surface area contributed by atoms with Gasteiger partial charge in [0.25, 0.3) is 5.91 Å². The van der Waals surface area contributed by atoms with Gasteiger partial charge in [-0.3, -0.25) is 9.78 Å². The molecular formula is C13H12N4O2. The second-order valence-corrected chi connectivity index (χ2v) is 3.75. The summed E-state index contributed by atoms with van der Waals surface area (Å²) in [7, 11) is 0. The van der Waals surface area contributed by atoms with Gasteiger partial charge in [0.15, 0.2) is 0 Å². The summed E-state index contributed by atoms with van der Waals surface area (Å²) in [6.07, 6.45) is 4.25. The monoisotopic (exact) mass is 256 g/mol. The number of aromatic hydroxyl groups is 1. The fraction of sp³-hybridized carbons (Fsp3) is 0.0769. The minimum atomic E-state index is -0.456.